The minimum absolute atomic E-state index is 0.0274. The summed E-state index contributed by atoms with van der Waals surface area (Å²) in [6.07, 6.45) is -0.0274. The lowest BCUT2D eigenvalue weighted by Crippen LogP contribution is -2.09. The number of halogens is 2. The van der Waals surface area contributed by atoms with Crippen LogP contribution >= 0.6 is 0 Å². The molecular weight excluding hydrogens is 390 g/mol. The van der Waals surface area contributed by atoms with Gasteiger partial charge in [0.05, 0.1) is 34.9 Å². The molecule has 0 aliphatic carbocycles. The van der Waals surface area contributed by atoms with E-state index in [1.807, 2.05) is 0 Å². The van der Waals surface area contributed by atoms with Crippen LogP contribution < -0.4 is 23.7 Å². The molecule has 0 aliphatic rings. The second-order valence-corrected chi connectivity index (χ2v) is 5.73. The number of hydrogen-bond donors (Lipinski definition) is 0. The number of esters is 1. The summed E-state index contributed by atoms with van der Waals surface area (Å²) in [7, 11) is 5.77. The smallest absolute Gasteiger partial charge is 0.387 e. The Morgan fingerprint density at radius 3 is 1.93 bits per heavy atom. The lowest BCUT2D eigenvalue weighted by atomic mass is 10.1. The van der Waals surface area contributed by atoms with Crippen LogP contribution in [0.15, 0.2) is 30.3 Å². The van der Waals surface area contributed by atoms with Gasteiger partial charge in [-0.3, -0.25) is 4.79 Å². The number of ether oxygens (including phenoxy) is 6. The molecule has 0 unspecified atom stereocenters. The fourth-order valence-electron chi connectivity index (χ4n) is 2.61. The van der Waals surface area contributed by atoms with E-state index in [2.05, 4.69) is 4.74 Å². The number of alkyl halides is 2. The lowest BCUT2D eigenvalue weighted by Gasteiger charge is -2.14. The highest BCUT2D eigenvalue weighted by atomic mass is 19.3. The number of benzene rings is 2. The molecule has 2 rings (SSSR count). The maximum absolute atomic E-state index is 12.4. The van der Waals surface area contributed by atoms with Gasteiger partial charge in [0.1, 0.15) is 6.61 Å². The van der Waals surface area contributed by atoms with E-state index in [9.17, 15) is 13.6 Å². The summed E-state index contributed by atoms with van der Waals surface area (Å²) in [4.78, 5) is 12.2. The zero-order valence-electron chi connectivity index (χ0n) is 16.5. The fraction of sp³-hybridized carbons (Fsp3) is 0.350. The van der Waals surface area contributed by atoms with Gasteiger partial charge in [0.25, 0.3) is 0 Å². The molecule has 0 saturated heterocycles. The van der Waals surface area contributed by atoms with Crippen molar-refractivity contribution in [1.82, 2.24) is 0 Å². The minimum Gasteiger partial charge on any atom is -0.493 e. The summed E-state index contributed by atoms with van der Waals surface area (Å²) in [5, 5.41) is 0. The Balaban J connectivity index is 2.05. The largest absolute Gasteiger partial charge is 0.493 e. The van der Waals surface area contributed by atoms with Gasteiger partial charge in [0.15, 0.2) is 23.0 Å². The monoisotopic (exact) mass is 412 g/mol. The summed E-state index contributed by atoms with van der Waals surface area (Å²) in [6.45, 7) is -3.03. The van der Waals surface area contributed by atoms with Crippen LogP contribution in [0.4, 0.5) is 8.78 Å². The van der Waals surface area contributed by atoms with Crippen molar-refractivity contribution in [3.63, 3.8) is 0 Å². The van der Waals surface area contributed by atoms with E-state index in [1.54, 1.807) is 12.1 Å². The Morgan fingerprint density at radius 1 is 0.828 bits per heavy atom. The van der Waals surface area contributed by atoms with E-state index < -0.39 is 12.6 Å². The van der Waals surface area contributed by atoms with E-state index in [0.29, 0.717) is 28.4 Å². The highest BCUT2D eigenvalue weighted by Gasteiger charge is 2.16. The van der Waals surface area contributed by atoms with Gasteiger partial charge in [0.2, 0.25) is 5.75 Å². The van der Waals surface area contributed by atoms with Crippen LogP contribution in [0.25, 0.3) is 0 Å². The summed E-state index contributed by atoms with van der Waals surface area (Å²) in [5.41, 5.74) is 1.17. The second kappa shape index (κ2) is 10.4. The van der Waals surface area contributed by atoms with Gasteiger partial charge in [0, 0.05) is 0 Å². The van der Waals surface area contributed by atoms with Crippen molar-refractivity contribution in [3.05, 3.63) is 41.5 Å². The number of methoxy groups -OCH3 is 4. The number of carbonyl (C=O) groups excluding carboxylic acids is 1. The van der Waals surface area contributed by atoms with E-state index in [1.165, 1.54) is 46.6 Å². The zero-order chi connectivity index (χ0) is 21.4. The number of rotatable bonds is 10. The van der Waals surface area contributed by atoms with E-state index in [0.717, 1.165) is 0 Å². The van der Waals surface area contributed by atoms with Gasteiger partial charge in [-0.25, -0.2) is 0 Å². The van der Waals surface area contributed by atoms with Gasteiger partial charge in [-0.15, -0.1) is 0 Å². The van der Waals surface area contributed by atoms with Crippen LogP contribution in [0.1, 0.15) is 11.1 Å². The average molecular weight is 412 g/mol. The predicted molar refractivity (Wildman–Crippen MR) is 99.2 cm³/mol. The number of hydrogen-bond acceptors (Lipinski definition) is 7. The van der Waals surface area contributed by atoms with Crippen molar-refractivity contribution in [2.24, 2.45) is 0 Å². The van der Waals surface area contributed by atoms with E-state index >= 15 is 0 Å². The van der Waals surface area contributed by atoms with Crippen LogP contribution in [0.5, 0.6) is 28.7 Å². The van der Waals surface area contributed by atoms with Crippen molar-refractivity contribution < 1.29 is 42.0 Å². The van der Waals surface area contributed by atoms with Crippen LogP contribution in [0, 0.1) is 0 Å². The quantitative estimate of drug-likeness (QED) is 0.552. The fourth-order valence-corrected chi connectivity index (χ4v) is 2.61. The molecular formula is C20H22F2O7. The predicted octanol–water partition coefficient (Wildman–Crippen LogP) is 3.61. The molecule has 0 amide bonds. The maximum Gasteiger partial charge on any atom is 0.387 e. The SMILES string of the molecule is COc1cc(COC(=O)Cc2cc(OC)c(OC)c(OC)c2)ccc1OC(F)F. The Morgan fingerprint density at radius 2 is 1.41 bits per heavy atom. The van der Waals surface area contributed by atoms with Crippen molar-refractivity contribution >= 4 is 5.97 Å². The highest BCUT2D eigenvalue weighted by molar-refractivity contribution is 5.73. The van der Waals surface area contributed by atoms with Crippen molar-refractivity contribution in [3.8, 4) is 28.7 Å². The highest BCUT2D eigenvalue weighted by Crippen LogP contribution is 2.38. The molecule has 29 heavy (non-hydrogen) atoms. The molecule has 7 nitrogen and oxygen atoms in total. The van der Waals surface area contributed by atoms with E-state index in [4.69, 9.17) is 23.7 Å². The minimum atomic E-state index is -2.97. The Bertz CT molecular complexity index is 815. The summed E-state index contributed by atoms with van der Waals surface area (Å²) in [5.74, 6) is 0.790. The van der Waals surface area contributed by atoms with Gasteiger partial charge < -0.3 is 28.4 Å². The molecule has 0 atom stereocenters. The third-order valence-electron chi connectivity index (χ3n) is 3.92. The van der Waals surface area contributed by atoms with Gasteiger partial charge in [-0.2, -0.15) is 8.78 Å². The molecule has 0 saturated carbocycles. The Hall–Kier alpha value is -3.23. The molecule has 0 spiro atoms. The molecule has 2 aromatic rings. The molecule has 0 N–H and O–H groups in total. The van der Waals surface area contributed by atoms with Crippen LogP contribution in [-0.4, -0.2) is 41.0 Å². The first-order valence-corrected chi connectivity index (χ1v) is 8.48. The normalized spacial score (nSPS) is 10.4. The van der Waals surface area contributed by atoms with Gasteiger partial charge in [-0.1, -0.05) is 6.07 Å². The molecule has 0 aromatic heterocycles. The molecule has 0 fully saturated rings. The van der Waals surface area contributed by atoms with Crippen molar-refractivity contribution in [1.29, 1.82) is 0 Å². The van der Waals surface area contributed by atoms with Crippen LogP contribution in [0.3, 0.4) is 0 Å². The average Bonchev–Trinajstić information content (AvgIpc) is 2.71. The van der Waals surface area contributed by atoms with E-state index in [-0.39, 0.29) is 24.5 Å². The van der Waals surface area contributed by atoms with Gasteiger partial charge >= 0.3 is 12.6 Å². The zero-order valence-corrected chi connectivity index (χ0v) is 16.5. The van der Waals surface area contributed by atoms with Crippen molar-refractivity contribution in [2.45, 2.75) is 19.6 Å². The molecule has 0 heterocycles. The van der Waals surface area contributed by atoms with Crippen molar-refractivity contribution in [2.75, 3.05) is 28.4 Å². The lowest BCUT2D eigenvalue weighted by molar-refractivity contribution is -0.144. The summed E-state index contributed by atoms with van der Waals surface area (Å²) in [6, 6.07) is 7.61. The Kier molecular flexibility index (Phi) is 7.88. The summed E-state index contributed by atoms with van der Waals surface area (Å²) >= 11 is 0. The standard InChI is InChI=1S/C20H22F2O7/c1-24-15-7-12(5-6-14(15)29-20(21)22)11-28-18(23)10-13-8-16(25-2)19(27-4)17(9-13)26-3/h5-9,20H,10-11H2,1-4H3. The van der Waals surface area contributed by atoms with Gasteiger partial charge in [-0.05, 0) is 35.4 Å². The van der Waals surface area contributed by atoms with Crippen LogP contribution in [-0.2, 0) is 22.6 Å². The second-order valence-electron chi connectivity index (χ2n) is 5.73. The van der Waals surface area contributed by atoms with Crippen LogP contribution in [0.2, 0.25) is 0 Å². The topological polar surface area (TPSA) is 72.5 Å². The first kappa shape index (κ1) is 22.1. The third-order valence-corrected chi connectivity index (χ3v) is 3.92. The first-order chi connectivity index (χ1) is 13.9. The molecule has 9 heteroatoms. The molecule has 0 aliphatic heterocycles. The molecule has 2 aromatic carbocycles. The first-order valence-electron chi connectivity index (χ1n) is 8.48. The maximum atomic E-state index is 12.4. The molecule has 158 valence electrons. The molecule has 0 radical (unpaired) electrons. The third kappa shape index (κ3) is 5.87. The number of carbonyl (C=O) groups is 1. The summed E-state index contributed by atoms with van der Waals surface area (Å²) < 4.78 is 55.2. The Labute approximate surface area is 167 Å². The molecule has 0 bridgehead atoms.